The molecule has 0 aliphatic rings. The van der Waals surface area contributed by atoms with E-state index in [0.717, 1.165) is 16.5 Å². The van der Waals surface area contributed by atoms with Gasteiger partial charge >= 0.3 is 0 Å². The van der Waals surface area contributed by atoms with Gasteiger partial charge in [-0.3, -0.25) is 4.79 Å². The molecular weight excluding hydrogens is 316 g/mol. The van der Waals surface area contributed by atoms with Gasteiger partial charge in [0.15, 0.2) is 5.58 Å². The number of ether oxygens (including phenoxy) is 1. The highest BCUT2D eigenvalue weighted by Gasteiger charge is 2.11. The maximum Gasteiger partial charge on any atom is 0.226 e. The van der Waals surface area contributed by atoms with E-state index >= 15 is 0 Å². The summed E-state index contributed by atoms with van der Waals surface area (Å²) in [6.45, 7) is 5.07. The average molecular weight is 338 g/mol. The van der Waals surface area contributed by atoms with Gasteiger partial charge in [-0.1, -0.05) is 41.6 Å². The van der Waals surface area contributed by atoms with Crippen molar-refractivity contribution in [3.8, 4) is 0 Å². The highest BCUT2D eigenvalue weighted by Crippen LogP contribution is 2.18. The van der Waals surface area contributed by atoms with Crippen LogP contribution in [0.4, 0.5) is 0 Å². The van der Waals surface area contributed by atoms with Crippen LogP contribution < -0.4 is 5.32 Å². The lowest BCUT2D eigenvalue weighted by Crippen LogP contribution is -2.24. The number of rotatable bonds is 7. The summed E-state index contributed by atoms with van der Waals surface area (Å²) in [5.41, 5.74) is 3.50. The molecule has 1 amide bonds. The molecule has 130 valence electrons. The van der Waals surface area contributed by atoms with Crippen molar-refractivity contribution < 1.29 is 14.1 Å². The molecule has 1 aromatic heterocycles. The number of nitrogens with zero attached hydrogens (tertiary/aromatic N) is 1. The van der Waals surface area contributed by atoms with Gasteiger partial charge in [0, 0.05) is 11.9 Å². The van der Waals surface area contributed by atoms with Gasteiger partial charge in [-0.05, 0) is 37.1 Å². The number of carbonyl (C=O) groups excluding carboxylic acids is 1. The van der Waals surface area contributed by atoms with Crippen LogP contribution in [0.1, 0.15) is 30.7 Å². The fraction of sp³-hybridized carbons (Fsp3) is 0.300. The monoisotopic (exact) mass is 338 g/mol. The molecule has 1 N–H and O–H groups in total. The molecule has 2 aromatic carbocycles. The lowest BCUT2D eigenvalue weighted by atomic mass is 10.1. The standard InChI is InChI=1S/C20H22N2O3/c1-14(2)24-13-16-7-5-6-15(10-16)12-21-20(23)11-18-17-8-3-4-9-19(17)25-22-18/h3-10,14H,11-13H2,1-2H3,(H,21,23). The van der Waals surface area contributed by atoms with Crippen LogP contribution in [-0.4, -0.2) is 17.2 Å². The van der Waals surface area contributed by atoms with Crippen molar-refractivity contribution in [3.63, 3.8) is 0 Å². The van der Waals surface area contributed by atoms with Gasteiger partial charge in [-0.15, -0.1) is 0 Å². The van der Waals surface area contributed by atoms with Gasteiger partial charge in [0.2, 0.25) is 5.91 Å². The molecule has 0 fully saturated rings. The Kier molecular flexibility index (Phi) is 5.46. The molecular formula is C20H22N2O3. The van der Waals surface area contributed by atoms with Gasteiger partial charge in [0.05, 0.1) is 19.1 Å². The molecule has 5 nitrogen and oxygen atoms in total. The first kappa shape index (κ1) is 17.2. The van der Waals surface area contributed by atoms with Crippen molar-refractivity contribution >= 4 is 16.9 Å². The Morgan fingerprint density at radius 3 is 2.80 bits per heavy atom. The van der Waals surface area contributed by atoms with Crippen molar-refractivity contribution in [3.05, 3.63) is 65.4 Å². The summed E-state index contributed by atoms with van der Waals surface area (Å²) in [6, 6.07) is 15.6. The van der Waals surface area contributed by atoms with Crippen LogP contribution in [0.25, 0.3) is 11.0 Å². The van der Waals surface area contributed by atoms with Crippen molar-refractivity contribution in [2.24, 2.45) is 0 Å². The zero-order chi connectivity index (χ0) is 17.6. The highest BCUT2D eigenvalue weighted by atomic mass is 16.5. The molecule has 5 heteroatoms. The lowest BCUT2D eigenvalue weighted by molar-refractivity contribution is -0.120. The first-order chi connectivity index (χ1) is 12.1. The molecule has 0 saturated carbocycles. The van der Waals surface area contributed by atoms with E-state index in [-0.39, 0.29) is 18.4 Å². The first-order valence-electron chi connectivity index (χ1n) is 8.41. The minimum absolute atomic E-state index is 0.0807. The van der Waals surface area contributed by atoms with E-state index in [1.54, 1.807) is 0 Å². The number of para-hydroxylation sites is 1. The summed E-state index contributed by atoms with van der Waals surface area (Å²) in [4.78, 5) is 12.2. The molecule has 25 heavy (non-hydrogen) atoms. The number of carbonyl (C=O) groups is 1. The number of aromatic nitrogens is 1. The third-order valence-corrected chi connectivity index (χ3v) is 3.84. The Balaban J connectivity index is 1.56. The zero-order valence-electron chi connectivity index (χ0n) is 14.5. The number of nitrogens with one attached hydrogen (secondary N) is 1. The molecule has 0 bridgehead atoms. The van der Waals surface area contributed by atoms with Crippen LogP contribution >= 0.6 is 0 Å². The fourth-order valence-corrected chi connectivity index (χ4v) is 2.57. The molecule has 0 radical (unpaired) electrons. The Hall–Kier alpha value is -2.66. The van der Waals surface area contributed by atoms with Crippen LogP contribution in [0, 0.1) is 0 Å². The number of benzene rings is 2. The van der Waals surface area contributed by atoms with Gasteiger partial charge in [0.1, 0.15) is 5.69 Å². The number of hydrogen-bond donors (Lipinski definition) is 1. The van der Waals surface area contributed by atoms with Crippen LogP contribution in [0.2, 0.25) is 0 Å². The number of hydrogen-bond acceptors (Lipinski definition) is 4. The normalized spacial score (nSPS) is 11.2. The van der Waals surface area contributed by atoms with E-state index in [2.05, 4.69) is 10.5 Å². The molecule has 0 atom stereocenters. The summed E-state index contributed by atoms with van der Waals surface area (Å²) in [5.74, 6) is -0.0807. The van der Waals surface area contributed by atoms with E-state index in [4.69, 9.17) is 9.26 Å². The second-order valence-electron chi connectivity index (χ2n) is 6.26. The zero-order valence-corrected chi connectivity index (χ0v) is 14.5. The number of fused-ring (bicyclic) bond motifs is 1. The van der Waals surface area contributed by atoms with Gasteiger partial charge in [0.25, 0.3) is 0 Å². The van der Waals surface area contributed by atoms with Crippen LogP contribution in [-0.2, 0) is 29.1 Å². The van der Waals surface area contributed by atoms with E-state index in [9.17, 15) is 4.79 Å². The van der Waals surface area contributed by atoms with Gasteiger partial charge < -0.3 is 14.6 Å². The summed E-state index contributed by atoms with van der Waals surface area (Å²) >= 11 is 0. The molecule has 0 unspecified atom stereocenters. The van der Waals surface area contributed by atoms with Crippen molar-refractivity contribution in [2.45, 2.75) is 39.5 Å². The Morgan fingerprint density at radius 1 is 1.16 bits per heavy atom. The topological polar surface area (TPSA) is 64.4 Å². The number of amides is 1. The second kappa shape index (κ2) is 7.94. The summed E-state index contributed by atoms with van der Waals surface area (Å²) in [6.07, 6.45) is 0.397. The van der Waals surface area contributed by atoms with Gasteiger partial charge in [-0.2, -0.15) is 0 Å². The molecule has 0 spiro atoms. The smallest absolute Gasteiger partial charge is 0.226 e. The Bertz CT molecular complexity index is 855. The maximum absolute atomic E-state index is 12.2. The summed E-state index contributed by atoms with van der Waals surface area (Å²) in [5, 5.41) is 7.81. The minimum atomic E-state index is -0.0807. The largest absolute Gasteiger partial charge is 0.374 e. The highest BCUT2D eigenvalue weighted by molar-refractivity contribution is 5.86. The first-order valence-corrected chi connectivity index (χ1v) is 8.41. The second-order valence-corrected chi connectivity index (χ2v) is 6.26. The van der Waals surface area contributed by atoms with E-state index < -0.39 is 0 Å². The SMILES string of the molecule is CC(C)OCc1cccc(CNC(=O)Cc2noc3ccccc23)c1. The molecule has 3 rings (SSSR count). The fourth-order valence-electron chi connectivity index (χ4n) is 2.57. The minimum Gasteiger partial charge on any atom is -0.374 e. The molecule has 3 aromatic rings. The molecule has 0 aliphatic carbocycles. The van der Waals surface area contributed by atoms with Crippen molar-refractivity contribution in [1.29, 1.82) is 0 Å². The summed E-state index contributed by atoms with van der Waals surface area (Å²) < 4.78 is 10.8. The summed E-state index contributed by atoms with van der Waals surface area (Å²) in [7, 11) is 0. The van der Waals surface area contributed by atoms with Crippen molar-refractivity contribution in [1.82, 2.24) is 10.5 Å². The molecule has 1 heterocycles. The quantitative estimate of drug-likeness (QED) is 0.715. The maximum atomic E-state index is 12.2. The van der Waals surface area contributed by atoms with Crippen LogP contribution in [0.15, 0.2) is 53.1 Å². The third kappa shape index (κ3) is 4.67. The van der Waals surface area contributed by atoms with Crippen molar-refractivity contribution in [2.75, 3.05) is 0 Å². The Morgan fingerprint density at radius 2 is 1.96 bits per heavy atom. The van der Waals surface area contributed by atoms with Crippen LogP contribution in [0.5, 0.6) is 0 Å². The average Bonchev–Trinajstić information content (AvgIpc) is 3.02. The third-order valence-electron chi connectivity index (χ3n) is 3.84. The van der Waals surface area contributed by atoms with E-state index in [1.165, 1.54) is 0 Å². The van der Waals surface area contributed by atoms with E-state index in [1.807, 2.05) is 62.4 Å². The van der Waals surface area contributed by atoms with E-state index in [0.29, 0.717) is 24.4 Å². The Labute approximate surface area is 147 Å². The predicted molar refractivity (Wildman–Crippen MR) is 95.9 cm³/mol. The molecule has 0 aliphatic heterocycles. The van der Waals surface area contributed by atoms with Crippen LogP contribution in [0.3, 0.4) is 0 Å². The lowest BCUT2D eigenvalue weighted by Gasteiger charge is -2.09. The van der Waals surface area contributed by atoms with Gasteiger partial charge in [-0.25, -0.2) is 0 Å². The molecule has 0 saturated heterocycles. The predicted octanol–water partition coefficient (Wildman–Crippen LogP) is 3.61.